The van der Waals surface area contributed by atoms with Crippen molar-refractivity contribution in [3.05, 3.63) is 39.7 Å². The summed E-state index contributed by atoms with van der Waals surface area (Å²) in [5.74, 6) is 0.434. The van der Waals surface area contributed by atoms with Gasteiger partial charge in [-0.1, -0.05) is 18.2 Å². The third-order valence-corrected chi connectivity index (χ3v) is 8.31. The van der Waals surface area contributed by atoms with Crippen LogP contribution in [-0.2, 0) is 9.84 Å². The number of sulfone groups is 1. The van der Waals surface area contributed by atoms with E-state index in [2.05, 4.69) is 15.9 Å². The SMILES string of the molecule is CC1(C)CC(O)c2sc(S(=O)(=O)c3ccccc3)c(Br)c2O1. The Hall–Kier alpha value is -0.890. The maximum atomic E-state index is 12.8. The van der Waals surface area contributed by atoms with Gasteiger partial charge in [0.25, 0.3) is 0 Å². The number of aliphatic hydroxyl groups is 1. The van der Waals surface area contributed by atoms with Crippen molar-refractivity contribution in [1.82, 2.24) is 0 Å². The molecule has 4 nitrogen and oxygen atoms in total. The molecule has 0 spiro atoms. The molecule has 1 unspecified atom stereocenters. The molecular formula is C15H15BrO4S2. The molecule has 1 N–H and O–H groups in total. The van der Waals surface area contributed by atoms with Crippen LogP contribution in [-0.4, -0.2) is 19.1 Å². The molecule has 1 aliphatic rings. The maximum Gasteiger partial charge on any atom is 0.217 e. The van der Waals surface area contributed by atoms with E-state index in [0.29, 0.717) is 21.5 Å². The van der Waals surface area contributed by atoms with Crippen molar-refractivity contribution in [2.75, 3.05) is 0 Å². The lowest BCUT2D eigenvalue weighted by Crippen LogP contribution is -2.34. The van der Waals surface area contributed by atoms with Crippen molar-refractivity contribution in [1.29, 1.82) is 0 Å². The Morgan fingerprint density at radius 3 is 2.59 bits per heavy atom. The summed E-state index contributed by atoms with van der Waals surface area (Å²) in [7, 11) is -3.64. The van der Waals surface area contributed by atoms with Crippen molar-refractivity contribution in [2.24, 2.45) is 0 Å². The molecule has 0 fully saturated rings. The number of rotatable bonds is 2. The molecule has 0 saturated carbocycles. The van der Waals surface area contributed by atoms with E-state index in [1.54, 1.807) is 30.3 Å². The van der Waals surface area contributed by atoms with Crippen LogP contribution in [0.2, 0.25) is 0 Å². The van der Waals surface area contributed by atoms with Gasteiger partial charge < -0.3 is 9.84 Å². The molecule has 3 rings (SSSR count). The Bertz CT molecular complexity index is 810. The fraction of sp³-hybridized carbons (Fsp3) is 0.333. The van der Waals surface area contributed by atoms with Crippen LogP contribution < -0.4 is 4.74 Å². The minimum atomic E-state index is -3.64. The lowest BCUT2D eigenvalue weighted by atomic mass is 9.96. The van der Waals surface area contributed by atoms with Crippen molar-refractivity contribution in [3.8, 4) is 5.75 Å². The number of thiophene rings is 1. The predicted molar refractivity (Wildman–Crippen MR) is 88.2 cm³/mol. The highest BCUT2D eigenvalue weighted by Gasteiger charge is 2.39. The molecule has 0 aliphatic carbocycles. The molecule has 0 radical (unpaired) electrons. The second-order valence-corrected chi connectivity index (χ2v) is 9.79. The maximum absolute atomic E-state index is 12.8. The van der Waals surface area contributed by atoms with Crippen LogP contribution in [0.3, 0.4) is 0 Å². The molecule has 1 aliphatic heterocycles. The number of hydrogen-bond acceptors (Lipinski definition) is 5. The molecular weight excluding hydrogens is 388 g/mol. The quantitative estimate of drug-likeness (QED) is 0.825. The summed E-state index contributed by atoms with van der Waals surface area (Å²) < 4.78 is 32.0. The molecule has 0 bridgehead atoms. The summed E-state index contributed by atoms with van der Waals surface area (Å²) in [6.45, 7) is 3.74. The van der Waals surface area contributed by atoms with Crippen molar-refractivity contribution in [2.45, 2.75) is 41.1 Å². The molecule has 0 saturated heterocycles. The molecule has 0 amide bonds. The van der Waals surface area contributed by atoms with E-state index in [-0.39, 0.29) is 9.10 Å². The monoisotopic (exact) mass is 402 g/mol. The van der Waals surface area contributed by atoms with Gasteiger partial charge in [0.2, 0.25) is 9.84 Å². The van der Waals surface area contributed by atoms with Gasteiger partial charge in [-0.2, -0.15) is 0 Å². The first-order valence-electron chi connectivity index (χ1n) is 6.72. The lowest BCUT2D eigenvalue weighted by molar-refractivity contribution is 0.0138. The van der Waals surface area contributed by atoms with Crippen LogP contribution in [0, 0.1) is 0 Å². The van der Waals surface area contributed by atoms with Crippen LogP contribution in [0.4, 0.5) is 0 Å². The number of ether oxygens (including phenoxy) is 1. The highest BCUT2D eigenvalue weighted by atomic mass is 79.9. The normalized spacial score (nSPS) is 20.3. The molecule has 1 aromatic carbocycles. The highest BCUT2D eigenvalue weighted by Crippen LogP contribution is 2.52. The Kier molecular flexibility index (Phi) is 3.87. The fourth-order valence-corrected chi connectivity index (χ4v) is 6.66. The lowest BCUT2D eigenvalue weighted by Gasteiger charge is -2.33. The smallest absolute Gasteiger partial charge is 0.217 e. The van der Waals surface area contributed by atoms with Crippen molar-refractivity contribution >= 4 is 37.1 Å². The largest absolute Gasteiger partial charge is 0.485 e. The van der Waals surface area contributed by atoms with Gasteiger partial charge in [-0.3, -0.25) is 0 Å². The van der Waals surface area contributed by atoms with Crippen molar-refractivity contribution in [3.63, 3.8) is 0 Å². The number of hydrogen-bond donors (Lipinski definition) is 1. The van der Waals surface area contributed by atoms with Gasteiger partial charge in [-0.15, -0.1) is 11.3 Å². The zero-order valence-electron chi connectivity index (χ0n) is 12.0. The van der Waals surface area contributed by atoms with Crippen LogP contribution >= 0.6 is 27.3 Å². The number of aliphatic hydroxyl groups excluding tert-OH is 1. The summed E-state index contributed by atoms with van der Waals surface area (Å²) in [6, 6.07) is 8.25. The van der Waals surface area contributed by atoms with E-state index in [0.717, 1.165) is 11.3 Å². The van der Waals surface area contributed by atoms with Gasteiger partial charge >= 0.3 is 0 Å². The third-order valence-electron chi connectivity index (χ3n) is 3.47. The standard InChI is InChI=1S/C15H15BrO4S2/c1-15(2)8-10(17)13-12(20-15)11(16)14(21-13)22(18,19)9-6-4-3-5-7-9/h3-7,10,17H,8H2,1-2H3. The molecule has 22 heavy (non-hydrogen) atoms. The predicted octanol–water partition coefficient (Wildman–Crippen LogP) is 3.94. The first kappa shape index (κ1) is 16.0. The molecule has 1 atom stereocenters. The Morgan fingerprint density at radius 2 is 1.95 bits per heavy atom. The molecule has 2 aromatic rings. The minimum Gasteiger partial charge on any atom is -0.485 e. The van der Waals surface area contributed by atoms with E-state index in [9.17, 15) is 13.5 Å². The summed E-state index contributed by atoms with van der Waals surface area (Å²) in [6.07, 6.45) is -0.294. The fourth-order valence-electron chi connectivity index (χ4n) is 2.46. The zero-order valence-corrected chi connectivity index (χ0v) is 15.3. The Morgan fingerprint density at radius 1 is 1.32 bits per heavy atom. The molecule has 118 valence electrons. The van der Waals surface area contributed by atoms with Crippen LogP contribution in [0.15, 0.2) is 43.9 Å². The summed E-state index contributed by atoms with van der Waals surface area (Å²) >= 11 is 4.41. The molecule has 7 heteroatoms. The van der Waals surface area contributed by atoms with Gasteiger partial charge in [0.1, 0.15) is 9.81 Å². The highest BCUT2D eigenvalue weighted by molar-refractivity contribution is 9.10. The van der Waals surface area contributed by atoms with Gasteiger partial charge in [0.15, 0.2) is 5.75 Å². The van der Waals surface area contributed by atoms with E-state index in [1.165, 1.54) is 0 Å². The summed E-state index contributed by atoms with van der Waals surface area (Å²) in [5.41, 5.74) is -0.538. The summed E-state index contributed by atoms with van der Waals surface area (Å²) in [5, 5.41) is 10.3. The van der Waals surface area contributed by atoms with Gasteiger partial charge in [0.05, 0.1) is 20.3 Å². The topological polar surface area (TPSA) is 63.6 Å². The average Bonchev–Trinajstić information content (AvgIpc) is 2.77. The third kappa shape index (κ3) is 2.60. The Balaban J connectivity index is 2.16. The zero-order chi connectivity index (χ0) is 16.1. The Labute approximate surface area is 141 Å². The summed E-state index contributed by atoms with van der Waals surface area (Å²) in [4.78, 5) is 0.781. The van der Waals surface area contributed by atoms with E-state index in [1.807, 2.05) is 13.8 Å². The molecule has 1 aromatic heterocycles. The van der Waals surface area contributed by atoms with Crippen LogP contribution in [0.1, 0.15) is 31.2 Å². The van der Waals surface area contributed by atoms with E-state index < -0.39 is 21.5 Å². The number of fused-ring (bicyclic) bond motifs is 1. The van der Waals surface area contributed by atoms with E-state index >= 15 is 0 Å². The second kappa shape index (κ2) is 5.33. The first-order valence-corrected chi connectivity index (χ1v) is 9.81. The van der Waals surface area contributed by atoms with Gasteiger partial charge in [0, 0.05) is 6.42 Å². The van der Waals surface area contributed by atoms with Gasteiger partial charge in [-0.25, -0.2) is 8.42 Å². The van der Waals surface area contributed by atoms with Crippen molar-refractivity contribution < 1.29 is 18.3 Å². The van der Waals surface area contributed by atoms with Crippen LogP contribution in [0.5, 0.6) is 5.75 Å². The first-order chi connectivity index (χ1) is 10.2. The van der Waals surface area contributed by atoms with Gasteiger partial charge in [-0.05, 0) is 41.9 Å². The second-order valence-electron chi connectivity index (χ2n) is 5.80. The van der Waals surface area contributed by atoms with Crippen LogP contribution in [0.25, 0.3) is 0 Å². The molecule has 2 heterocycles. The van der Waals surface area contributed by atoms with E-state index in [4.69, 9.17) is 4.74 Å². The number of halogens is 1. The average molecular weight is 403 g/mol. The minimum absolute atomic E-state index is 0.167. The number of benzene rings is 1.